The van der Waals surface area contributed by atoms with Crippen LogP contribution in [-0.2, 0) is 10.4 Å². The monoisotopic (exact) mass is 299 g/mol. The Morgan fingerprint density at radius 1 is 1.05 bits per heavy atom. The maximum absolute atomic E-state index is 12.6. The summed E-state index contributed by atoms with van der Waals surface area (Å²) in [6.45, 7) is 1.96. The van der Waals surface area contributed by atoms with Crippen LogP contribution in [0.4, 0.5) is 0 Å². The zero-order valence-electron chi connectivity index (χ0n) is 12.6. The molecular formula is C18H21NO3. The molecule has 2 aromatic rings. The number of carbonyl (C=O) groups is 1. The van der Waals surface area contributed by atoms with Crippen LogP contribution in [0.2, 0.25) is 0 Å². The maximum Gasteiger partial charge on any atom is 0.261 e. The van der Waals surface area contributed by atoms with E-state index in [1.165, 1.54) is 0 Å². The van der Waals surface area contributed by atoms with E-state index in [1.807, 2.05) is 12.1 Å². The summed E-state index contributed by atoms with van der Waals surface area (Å²) in [5, 5.41) is 23.1. The van der Waals surface area contributed by atoms with Gasteiger partial charge in [-0.05, 0) is 24.5 Å². The molecule has 1 atom stereocenters. The van der Waals surface area contributed by atoms with Gasteiger partial charge in [-0.2, -0.15) is 0 Å². The molecule has 0 aromatic heterocycles. The number of amides is 1. The van der Waals surface area contributed by atoms with Crippen LogP contribution < -0.4 is 5.32 Å². The van der Waals surface area contributed by atoms with Crippen LogP contribution in [0, 0.1) is 0 Å². The molecule has 0 aliphatic heterocycles. The van der Waals surface area contributed by atoms with Gasteiger partial charge in [0.2, 0.25) is 0 Å². The third-order valence-electron chi connectivity index (χ3n) is 3.56. The van der Waals surface area contributed by atoms with Gasteiger partial charge in [0.15, 0.2) is 5.60 Å². The van der Waals surface area contributed by atoms with Gasteiger partial charge >= 0.3 is 0 Å². The average molecular weight is 299 g/mol. The number of hydrogen-bond acceptors (Lipinski definition) is 3. The molecule has 0 saturated heterocycles. The van der Waals surface area contributed by atoms with Crippen LogP contribution >= 0.6 is 0 Å². The van der Waals surface area contributed by atoms with E-state index < -0.39 is 17.6 Å². The predicted molar refractivity (Wildman–Crippen MR) is 85.2 cm³/mol. The van der Waals surface area contributed by atoms with Crippen molar-refractivity contribution in [2.45, 2.75) is 25.0 Å². The molecule has 4 heteroatoms. The average Bonchev–Trinajstić information content (AvgIpc) is 2.55. The van der Waals surface area contributed by atoms with Gasteiger partial charge in [-0.25, -0.2) is 0 Å². The third kappa shape index (κ3) is 3.53. The fraction of sp³-hybridized carbons (Fsp3) is 0.278. The normalized spacial score (nSPS) is 12.7. The van der Waals surface area contributed by atoms with Crippen molar-refractivity contribution in [1.29, 1.82) is 0 Å². The Labute approximate surface area is 130 Å². The molecule has 0 aliphatic carbocycles. The molecular weight excluding hydrogens is 278 g/mol. The Morgan fingerprint density at radius 3 is 1.91 bits per heavy atom. The highest BCUT2D eigenvalue weighted by Gasteiger charge is 2.39. The van der Waals surface area contributed by atoms with Crippen LogP contribution in [0.1, 0.15) is 24.5 Å². The minimum Gasteiger partial charge on any atom is -0.393 e. The molecule has 0 spiro atoms. The molecule has 0 heterocycles. The zero-order chi connectivity index (χ0) is 16.0. The third-order valence-corrected chi connectivity index (χ3v) is 3.56. The van der Waals surface area contributed by atoms with Gasteiger partial charge in [0.1, 0.15) is 0 Å². The second kappa shape index (κ2) is 7.20. The topological polar surface area (TPSA) is 69.6 Å². The standard InChI is InChI=1S/C18H21NO3/c1-14(20)12-13-19-17(21)18(22,15-8-4-2-5-9-15)16-10-6-3-7-11-16/h2-11,14,20,22H,12-13H2,1H3,(H,19,21). The summed E-state index contributed by atoms with van der Waals surface area (Å²) >= 11 is 0. The SMILES string of the molecule is CC(O)CCNC(=O)C(O)(c1ccccc1)c1ccccc1. The highest BCUT2D eigenvalue weighted by molar-refractivity contribution is 5.90. The number of nitrogens with one attached hydrogen (secondary N) is 1. The first-order valence-corrected chi connectivity index (χ1v) is 7.35. The largest absolute Gasteiger partial charge is 0.393 e. The quantitative estimate of drug-likeness (QED) is 0.762. The van der Waals surface area contributed by atoms with Crippen LogP contribution in [0.25, 0.3) is 0 Å². The van der Waals surface area contributed by atoms with Crippen LogP contribution in [0.15, 0.2) is 60.7 Å². The van der Waals surface area contributed by atoms with Gasteiger partial charge in [0, 0.05) is 6.54 Å². The smallest absolute Gasteiger partial charge is 0.261 e. The lowest BCUT2D eigenvalue weighted by Crippen LogP contribution is -2.46. The summed E-state index contributed by atoms with van der Waals surface area (Å²) in [7, 11) is 0. The molecule has 116 valence electrons. The molecule has 0 saturated carbocycles. The van der Waals surface area contributed by atoms with Gasteiger partial charge in [-0.1, -0.05) is 60.7 Å². The summed E-state index contributed by atoms with van der Waals surface area (Å²) in [5.74, 6) is -0.495. The Kier molecular flexibility index (Phi) is 5.31. The van der Waals surface area contributed by atoms with Gasteiger partial charge in [0.05, 0.1) is 6.10 Å². The highest BCUT2D eigenvalue weighted by Crippen LogP contribution is 2.29. The summed E-state index contributed by atoms with van der Waals surface area (Å²) in [4.78, 5) is 12.6. The lowest BCUT2D eigenvalue weighted by molar-refractivity contribution is -0.136. The first-order valence-electron chi connectivity index (χ1n) is 7.35. The Bertz CT molecular complexity index is 557. The maximum atomic E-state index is 12.6. The number of hydrogen-bond donors (Lipinski definition) is 3. The Morgan fingerprint density at radius 2 is 1.50 bits per heavy atom. The van der Waals surface area contributed by atoms with Gasteiger partial charge < -0.3 is 15.5 Å². The molecule has 2 aromatic carbocycles. The molecule has 0 radical (unpaired) electrons. The Hall–Kier alpha value is -2.17. The summed E-state index contributed by atoms with van der Waals surface area (Å²) < 4.78 is 0. The molecule has 1 unspecified atom stereocenters. The highest BCUT2D eigenvalue weighted by atomic mass is 16.3. The van der Waals surface area contributed by atoms with Crippen LogP contribution in [-0.4, -0.2) is 28.8 Å². The number of aliphatic hydroxyl groups excluding tert-OH is 1. The van der Waals surface area contributed by atoms with E-state index in [-0.39, 0.29) is 0 Å². The Balaban J connectivity index is 2.32. The number of carbonyl (C=O) groups excluding carboxylic acids is 1. The second-order valence-corrected chi connectivity index (χ2v) is 5.34. The van der Waals surface area contributed by atoms with Crippen LogP contribution in [0.3, 0.4) is 0 Å². The minimum absolute atomic E-state index is 0.304. The van der Waals surface area contributed by atoms with Gasteiger partial charge in [-0.3, -0.25) is 4.79 Å². The number of rotatable bonds is 6. The molecule has 0 aliphatic rings. The number of aliphatic hydroxyl groups is 2. The fourth-order valence-electron chi connectivity index (χ4n) is 2.31. The first kappa shape index (κ1) is 16.2. The van der Waals surface area contributed by atoms with Crippen molar-refractivity contribution in [3.05, 3.63) is 71.8 Å². The van der Waals surface area contributed by atoms with Gasteiger partial charge in [0.25, 0.3) is 5.91 Å². The summed E-state index contributed by atoms with van der Waals surface area (Å²) in [5.41, 5.74) is -0.729. The minimum atomic E-state index is -1.75. The van der Waals surface area contributed by atoms with E-state index in [0.717, 1.165) is 0 Å². The van der Waals surface area contributed by atoms with E-state index in [9.17, 15) is 15.0 Å². The van der Waals surface area contributed by atoms with E-state index >= 15 is 0 Å². The summed E-state index contributed by atoms with van der Waals surface area (Å²) in [6, 6.07) is 17.7. The molecule has 3 N–H and O–H groups in total. The van der Waals surface area contributed by atoms with Gasteiger partial charge in [-0.15, -0.1) is 0 Å². The van der Waals surface area contributed by atoms with E-state index in [4.69, 9.17) is 0 Å². The van der Waals surface area contributed by atoms with Crippen molar-refractivity contribution in [3.63, 3.8) is 0 Å². The summed E-state index contributed by atoms with van der Waals surface area (Å²) in [6.07, 6.45) is -0.0624. The van der Waals surface area contributed by atoms with E-state index in [2.05, 4.69) is 5.32 Å². The zero-order valence-corrected chi connectivity index (χ0v) is 12.6. The molecule has 0 fully saturated rings. The van der Waals surface area contributed by atoms with Crippen molar-refractivity contribution >= 4 is 5.91 Å². The molecule has 4 nitrogen and oxygen atoms in total. The van der Waals surface area contributed by atoms with Crippen LogP contribution in [0.5, 0.6) is 0 Å². The molecule has 0 bridgehead atoms. The van der Waals surface area contributed by atoms with Crippen molar-refractivity contribution in [1.82, 2.24) is 5.32 Å². The lowest BCUT2D eigenvalue weighted by atomic mass is 9.85. The number of benzene rings is 2. The predicted octanol–water partition coefficient (Wildman–Crippen LogP) is 1.81. The molecule has 1 amide bonds. The molecule has 22 heavy (non-hydrogen) atoms. The van der Waals surface area contributed by atoms with Crippen molar-refractivity contribution < 1.29 is 15.0 Å². The van der Waals surface area contributed by atoms with Crippen molar-refractivity contribution in [2.24, 2.45) is 0 Å². The second-order valence-electron chi connectivity index (χ2n) is 5.34. The van der Waals surface area contributed by atoms with E-state index in [0.29, 0.717) is 24.1 Å². The first-order chi connectivity index (χ1) is 10.5. The lowest BCUT2D eigenvalue weighted by Gasteiger charge is -2.28. The van der Waals surface area contributed by atoms with E-state index in [1.54, 1.807) is 55.5 Å². The fourth-order valence-corrected chi connectivity index (χ4v) is 2.31. The molecule has 2 rings (SSSR count). The van der Waals surface area contributed by atoms with Crippen molar-refractivity contribution in [3.8, 4) is 0 Å². The van der Waals surface area contributed by atoms with Crippen molar-refractivity contribution in [2.75, 3.05) is 6.54 Å².